The fourth-order valence-corrected chi connectivity index (χ4v) is 5.33. The Morgan fingerprint density at radius 1 is 0.810 bits per heavy atom. The van der Waals surface area contributed by atoms with Crippen LogP contribution in [0.5, 0.6) is 0 Å². The maximum absolute atomic E-state index is 13.3. The SMILES string of the molecule is CN(Cc1ccccc1)CC(NC(=O)OCC1c2ccccc2-c2ccccc21)C(=O)NCc1ccc(C(=O)O)cc1. The van der Waals surface area contributed by atoms with Gasteiger partial charge in [0, 0.05) is 25.6 Å². The first-order chi connectivity index (χ1) is 20.4. The molecule has 1 aliphatic carbocycles. The van der Waals surface area contributed by atoms with Crippen molar-refractivity contribution in [3.8, 4) is 11.1 Å². The molecule has 8 nitrogen and oxygen atoms in total. The molecule has 4 aromatic rings. The predicted molar refractivity (Wildman–Crippen MR) is 160 cm³/mol. The molecule has 3 N–H and O–H groups in total. The zero-order valence-corrected chi connectivity index (χ0v) is 23.3. The molecule has 1 aliphatic rings. The summed E-state index contributed by atoms with van der Waals surface area (Å²) in [7, 11) is 1.89. The largest absolute Gasteiger partial charge is 0.478 e. The van der Waals surface area contributed by atoms with Crippen LogP contribution >= 0.6 is 0 Å². The van der Waals surface area contributed by atoms with Crippen LogP contribution in [0, 0.1) is 0 Å². The maximum Gasteiger partial charge on any atom is 0.407 e. The highest BCUT2D eigenvalue weighted by atomic mass is 16.5. The van der Waals surface area contributed by atoms with Gasteiger partial charge in [0.1, 0.15) is 12.6 Å². The molecule has 4 aromatic carbocycles. The summed E-state index contributed by atoms with van der Waals surface area (Å²) in [4.78, 5) is 39.5. The van der Waals surface area contributed by atoms with Crippen LogP contribution in [0.15, 0.2) is 103 Å². The second-order valence-corrected chi connectivity index (χ2v) is 10.4. The second-order valence-electron chi connectivity index (χ2n) is 10.4. The van der Waals surface area contributed by atoms with E-state index in [1.807, 2.05) is 66.5 Å². The van der Waals surface area contributed by atoms with Crippen molar-refractivity contribution < 1.29 is 24.2 Å². The second kappa shape index (κ2) is 13.1. The van der Waals surface area contributed by atoms with E-state index in [4.69, 9.17) is 9.84 Å². The fraction of sp³-hybridized carbons (Fsp3) is 0.206. The smallest absolute Gasteiger partial charge is 0.407 e. The molecule has 0 saturated heterocycles. The van der Waals surface area contributed by atoms with Crippen molar-refractivity contribution in [2.45, 2.75) is 25.0 Å². The molecule has 5 rings (SSSR count). The van der Waals surface area contributed by atoms with Crippen molar-refractivity contribution >= 4 is 18.0 Å². The third kappa shape index (κ3) is 6.85. The molecule has 1 unspecified atom stereocenters. The Hall–Kier alpha value is -4.95. The van der Waals surface area contributed by atoms with E-state index in [2.05, 4.69) is 34.9 Å². The number of aromatic carboxylic acids is 1. The van der Waals surface area contributed by atoms with E-state index < -0.39 is 18.1 Å². The van der Waals surface area contributed by atoms with Crippen LogP contribution in [-0.4, -0.2) is 54.2 Å². The van der Waals surface area contributed by atoms with Crippen molar-refractivity contribution in [1.29, 1.82) is 0 Å². The number of ether oxygens (including phenoxy) is 1. The summed E-state index contributed by atoms with van der Waals surface area (Å²) >= 11 is 0. The standard InChI is InChI=1S/C34H33N3O5/c1-37(20-24-9-3-2-4-10-24)21-31(32(38)35-19-23-15-17-25(18-16-23)33(39)40)36-34(41)42-22-30-28-13-7-5-11-26(28)27-12-6-8-14-29(27)30/h2-18,30-31H,19-22H2,1H3,(H,35,38)(H,36,41)(H,39,40). The van der Waals surface area contributed by atoms with E-state index in [0.29, 0.717) is 6.54 Å². The normalized spacial score (nSPS) is 12.7. The summed E-state index contributed by atoms with van der Waals surface area (Å²) in [6.07, 6.45) is -0.670. The number of nitrogens with one attached hydrogen (secondary N) is 2. The van der Waals surface area contributed by atoms with Gasteiger partial charge in [-0.3, -0.25) is 9.69 Å². The van der Waals surface area contributed by atoms with Gasteiger partial charge in [0.25, 0.3) is 0 Å². The summed E-state index contributed by atoms with van der Waals surface area (Å²) in [5.74, 6) is -1.48. The van der Waals surface area contributed by atoms with Crippen LogP contribution in [0.2, 0.25) is 0 Å². The van der Waals surface area contributed by atoms with Gasteiger partial charge in [-0.05, 0) is 52.6 Å². The molecule has 0 aliphatic heterocycles. The van der Waals surface area contributed by atoms with Gasteiger partial charge in [-0.15, -0.1) is 0 Å². The Labute approximate surface area is 244 Å². The van der Waals surface area contributed by atoms with E-state index in [-0.39, 0.29) is 37.1 Å². The Balaban J connectivity index is 1.24. The van der Waals surface area contributed by atoms with Crippen molar-refractivity contribution in [1.82, 2.24) is 15.5 Å². The molecular formula is C34H33N3O5. The van der Waals surface area contributed by atoms with Gasteiger partial charge in [-0.1, -0.05) is 91.0 Å². The lowest BCUT2D eigenvalue weighted by Crippen LogP contribution is -2.52. The molecular weight excluding hydrogens is 530 g/mol. The van der Waals surface area contributed by atoms with Crippen LogP contribution < -0.4 is 10.6 Å². The van der Waals surface area contributed by atoms with E-state index in [9.17, 15) is 14.4 Å². The molecule has 0 saturated carbocycles. The summed E-state index contributed by atoms with van der Waals surface area (Å²) < 4.78 is 5.71. The molecule has 0 bridgehead atoms. The molecule has 0 radical (unpaired) electrons. The zero-order chi connectivity index (χ0) is 29.5. The molecule has 2 amide bonds. The lowest BCUT2D eigenvalue weighted by molar-refractivity contribution is -0.123. The molecule has 0 fully saturated rings. The van der Waals surface area contributed by atoms with E-state index >= 15 is 0 Å². The Bertz CT molecular complexity index is 1510. The van der Waals surface area contributed by atoms with Gasteiger partial charge < -0.3 is 20.5 Å². The Morgan fingerprint density at radius 2 is 1.40 bits per heavy atom. The van der Waals surface area contributed by atoms with Gasteiger partial charge in [0.05, 0.1) is 5.56 Å². The first-order valence-corrected chi connectivity index (χ1v) is 13.8. The molecule has 8 heteroatoms. The first-order valence-electron chi connectivity index (χ1n) is 13.8. The molecule has 214 valence electrons. The van der Waals surface area contributed by atoms with Crippen LogP contribution in [0.3, 0.4) is 0 Å². The summed E-state index contributed by atoms with van der Waals surface area (Å²) in [6.45, 7) is 1.17. The third-order valence-electron chi connectivity index (χ3n) is 7.41. The number of carboxylic acids is 1. The predicted octanol–water partition coefficient (Wildman–Crippen LogP) is 5.04. The number of rotatable bonds is 11. The molecule has 0 heterocycles. The number of nitrogens with zero attached hydrogens (tertiary/aromatic N) is 1. The van der Waals surface area contributed by atoms with Crippen LogP contribution in [0.4, 0.5) is 4.79 Å². The maximum atomic E-state index is 13.3. The Morgan fingerprint density at radius 3 is 2.02 bits per heavy atom. The molecule has 1 atom stereocenters. The summed E-state index contributed by atoms with van der Waals surface area (Å²) in [5, 5.41) is 14.8. The lowest BCUT2D eigenvalue weighted by Gasteiger charge is -2.25. The first kappa shape index (κ1) is 28.6. The number of fused-ring (bicyclic) bond motifs is 3. The monoisotopic (exact) mass is 563 g/mol. The highest BCUT2D eigenvalue weighted by Gasteiger charge is 2.30. The van der Waals surface area contributed by atoms with Gasteiger partial charge in [0.15, 0.2) is 0 Å². The number of hydrogen-bond acceptors (Lipinski definition) is 5. The number of benzene rings is 4. The third-order valence-corrected chi connectivity index (χ3v) is 7.41. The van der Waals surface area contributed by atoms with Crippen LogP contribution in [0.25, 0.3) is 11.1 Å². The number of hydrogen-bond donors (Lipinski definition) is 3. The highest BCUT2D eigenvalue weighted by Crippen LogP contribution is 2.44. The van der Waals surface area contributed by atoms with Crippen LogP contribution in [0.1, 0.15) is 38.5 Å². The van der Waals surface area contributed by atoms with Gasteiger partial charge in [-0.2, -0.15) is 0 Å². The zero-order valence-electron chi connectivity index (χ0n) is 23.3. The van der Waals surface area contributed by atoms with E-state index in [0.717, 1.165) is 33.4 Å². The minimum Gasteiger partial charge on any atom is -0.478 e. The topological polar surface area (TPSA) is 108 Å². The Kier molecular flexibility index (Phi) is 8.94. The van der Waals surface area contributed by atoms with E-state index in [1.54, 1.807) is 12.1 Å². The fourth-order valence-electron chi connectivity index (χ4n) is 5.33. The number of carboxylic acid groups (broad SMARTS) is 1. The number of alkyl carbamates (subject to hydrolysis) is 1. The number of carbonyl (C=O) groups is 3. The average molecular weight is 564 g/mol. The lowest BCUT2D eigenvalue weighted by atomic mass is 9.98. The number of amides is 2. The minimum atomic E-state index is -1.01. The van der Waals surface area contributed by atoms with Gasteiger partial charge in [-0.25, -0.2) is 9.59 Å². The van der Waals surface area contributed by atoms with E-state index in [1.165, 1.54) is 12.1 Å². The minimum absolute atomic E-state index is 0.0926. The van der Waals surface area contributed by atoms with Gasteiger partial charge >= 0.3 is 12.1 Å². The molecule has 42 heavy (non-hydrogen) atoms. The summed E-state index contributed by atoms with van der Waals surface area (Å²) in [6, 6.07) is 31.5. The number of carbonyl (C=O) groups excluding carboxylic acids is 2. The quantitative estimate of drug-likeness (QED) is 0.236. The van der Waals surface area contributed by atoms with Crippen molar-refractivity contribution in [3.63, 3.8) is 0 Å². The average Bonchev–Trinajstić information content (AvgIpc) is 3.32. The van der Waals surface area contributed by atoms with Gasteiger partial charge in [0.2, 0.25) is 5.91 Å². The highest BCUT2D eigenvalue weighted by molar-refractivity contribution is 5.88. The van der Waals surface area contributed by atoms with Crippen LogP contribution in [-0.2, 0) is 22.6 Å². The van der Waals surface area contributed by atoms with Crippen molar-refractivity contribution in [2.75, 3.05) is 20.2 Å². The molecule has 0 spiro atoms. The number of likely N-dealkylation sites (N-methyl/N-ethyl adjacent to an activating group) is 1. The van der Waals surface area contributed by atoms with Crippen molar-refractivity contribution in [3.05, 3.63) is 131 Å². The molecule has 0 aromatic heterocycles. The summed E-state index contributed by atoms with van der Waals surface area (Å²) in [5.41, 5.74) is 6.48. The van der Waals surface area contributed by atoms with Crippen molar-refractivity contribution in [2.24, 2.45) is 0 Å².